The zero-order chi connectivity index (χ0) is 25.0. The Hall–Kier alpha value is -4.06. The number of nitrogens with zero attached hydrogens (tertiary/aromatic N) is 2. The number of hydrogen-bond acceptors (Lipinski definition) is 7. The summed E-state index contributed by atoms with van der Waals surface area (Å²) in [7, 11) is -2.77. The summed E-state index contributed by atoms with van der Waals surface area (Å²) in [5, 5.41) is 10.1. The first-order valence-corrected chi connectivity index (χ1v) is 12.1. The van der Waals surface area contributed by atoms with Crippen molar-refractivity contribution in [2.75, 3.05) is 7.11 Å². The van der Waals surface area contributed by atoms with Gasteiger partial charge in [-0.15, -0.1) is 6.58 Å². The fraction of sp³-hybridized carbons (Fsp3) is 0.0769. The molecule has 176 valence electrons. The number of ether oxygens (including phenoxy) is 1. The zero-order valence-corrected chi connectivity index (χ0v) is 20.1. The predicted molar refractivity (Wildman–Crippen MR) is 134 cm³/mol. The number of aromatic nitrogens is 1. The van der Waals surface area contributed by atoms with Gasteiger partial charge in [0.2, 0.25) is 5.89 Å². The highest BCUT2D eigenvalue weighted by atomic mass is 35.5. The van der Waals surface area contributed by atoms with Crippen molar-refractivity contribution >= 4 is 44.5 Å². The van der Waals surface area contributed by atoms with Gasteiger partial charge in [0.25, 0.3) is 0 Å². The summed E-state index contributed by atoms with van der Waals surface area (Å²) in [6.07, 6.45) is 3.47. The van der Waals surface area contributed by atoms with Crippen LogP contribution in [0.1, 0.15) is 17.0 Å². The van der Waals surface area contributed by atoms with Crippen LogP contribution in [-0.4, -0.2) is 20.5 Å². The summed E-state index contributed by atoms with van der Waals surface area (Å²) in [4.78, 5) is 4.31. The lowest BCUT2D eigenvalue weighted by atomic mass is 10.0. The molecule has 0 amide bonds. The van der Waals surface area contributed by atoms with E-state index in [1.54, 1.807) is 36.4 Å². The van der Waals surface area contributed by atoms with Crippen LogP contribution >= 0.6 is 11.6 Å². The van der Waals surface area contributed by atoms with Gasteiger partial charge in [0.15, 0.2) is 17.1 Å². The smallest absolute Gasteiger partial charge is 0.339 e. The largest absolute Gasteiger partial charge is 0.493 e. The second-order valence-corrected chi connectivity index (χ2v) is 9.33. The number of halogens is 1. The van der Waals surface area contributed by atoms with Gasteiger partial charge >= 0.3 is 10.1 Å². The van der Waals surface area contributed by atoms with Crippen molar-refractivity contribution in [1.82, 2.24) is 4.98 Å². The molecule has 0 N–H and O–H groups in total. The Balaban J connectivity index is 1.77. The van der Waals surface area contributed by atoms with Gasteiger partial charge in [0, 0.05) is 10.6 Å². The van der Waals surface area contributed by atoms with E-state index in [9.17, 15) is 13.7 Å². The number of methoxy groups -OCH3 is 1. The van der Waals surface area contributed by atoms with Crippen molar-refractivity contribution < 1.29 is 21.8 Å². The van der Waals surface area contributed by atoms with E-state index >= 15 is 0 Å². The number of allylic oxidation sites excluding steroid dienone is 2. The van der Waals surface area contributed by atoms with Crippen LogP contribution in [0.3, 0.4) is 0 Å². The average molecular weight is 507 g/mol. The predicted octanol–water partition coefficient (Wildman–Crippen LogP) is 6.05. The number of fused-ring (bicyclic) bond motifs is 1. The standard InChI is InChI=1S/C26H19ClN2O5S/c1-3-6-18-13-17(14-19(16-28)26-29-22-7-4-5-8-23(22)33-26)15-24(32-2)25(18)34-35(30,31)21-11-9-20(27)10-12-21/h3-5,7-15H,1,6H2,2H3/b19-14+. The van der Waals surface area contributed by atoms with Crippen LogP contribution in [0.4, 0.5) is 0 Å². The third kappa shape index (κ3) is 5.22. The summed E-state index contributed by atoms with van der Waals surface area (Å²) >= 11 is 5.87. The van der Waals surface area contributed by atoms with Crippen molar-refractivity contribution in [3.8, 4) is 17.6 Å². The molecule has 0 aliphatic rings. The summed E-state index contributed by atoms with van der Waals surface area (Å²) < 4.78 is 42.4. The van der Waals surface area contributed by atoms with E-state index in [4.69, 9.17) is 24.9 Å². The number of nitriles is 1. The van der Waals surface area contributed by atoms with Crippen LogP contribution < -0.4 is 8.92 Å². The number of benzene rings is 3. The van der Waals surface area contributed by atoms with Gasteiger partial charge in [-0.25, -0.2) is 4.98 Å². The first-order chi connectivity index (χ1) is 16.8. The second kappa shape index (κ2) is 10.1. The van der Waals surface area contributed by atoms with Crippen LogP contribution in [0.5, 0.6) is 11.5 Å². The lowest BCUT2D eigenvalue weighted by Gasteiger charge is -2.15. The molecule has 35 heavy (non-hydrogen) atoms. The molecular formula is C26H19ClN2O5S. The monoisotopic (exact) mass is 506 g/mol. The molecule has 1 heterocycles. The molecule has 0 saturated heterocycles. The van der Waals surface area contributed by atoms with Gasteiger partial charge in [-0.05, 0) is 66.6 Å². The van der Waals surface area contributed by atoms with Crippen molar-refractivity contribution in [2.45, 2.75) is 11.3 Å². The van der Waals surface area contributed by atoms with Crippen LogP contribution in [0.25, 0.3) is 22.7 Å². The average Bonchev–Trinajstić information content (AvgIpc) is 3.28. The van der Waals surface area contributed by atoms with E-state index in [0.29, 0.717) is 27.2 Å². The third-order valence-electron chi connectivity index (χ3n) is 4.99. The molecule has 0 fully saturated rings. The van der Waals surface area contributed by atoms with E-state index in [2.05, 4.69) is 17.6 Å². The van der Waals surface area contributed by atoms with Crippen LogP contribution in [0.15, 0.2) is 82.6 Å². The van der Waals surface area contributed by atoms with E-state index < -0.39 is 10.1 Å². The number of para-hydroxylation sites is 2. The van der Waals surface area contributed by atoms with Gasteiger partial charge in [-0.1, -0.05) is 29.8 Å². The minimum absolute atomic E-state index is 0.0277. The van der Waals surface area contributed by atoms with Gasteiger partial charge in [0.05, 0.1) is 7.11 Å². The van der Waals surface area contributed by atoms with Crippen molar-refractivity contribution in [2.24, 2.45) is 0 Å². The SMILES string of the molecule is C=CCc1cc(/C=C(\C#N)c2nc3ccccc3o2)cc(OC)c1OS(=O)(=O)c1ccc(Cl)cc1. The van der Waals surface area contributed by atoms with Crippen LogP contribution in [0, 0.1) is 11.3 Å². The number of oxazole rings is 1. The van der Waals surface area contributed by atoms with Gasteiger partial charge < -0.3 is 13.3 Å². The van der Waals surface area contributed by atoms with E-state index in [0.717, 1.165) is 0 Å². The van der Waals surface area contributed by atoms with Crippen LogP contribution in [0.2, 0.25) is 5.02 Å². The Morgan fingerprint density at radius 2 is 1.94 bits per heavy atom. The molecule has 0 spiro atoms. The van der Waals surface area contributed by atoms with Crippen LogP contribution in [-0.2, 0) is 16.5 Å². The number of rotatable bonds is 8. The molecule has 0 bridgehead atoms. The highest BCUT2D eigenvalue weighted by Gasteiger charge is 2.22. The summed E-state index contributed by atoms with van der Waals surface area (Å²) in [5.74, 6) is 0.367. The topological polar surface area (TPSA) is 102 Å². The molecule has 0 aliphatic carbocycles. The first kappa shape index (κ1) is 24.1. The Morgan fingerprint density at radius 3 is 2.60 bits per heavy atom. The molecule has 0 saturated carbocycles. The maximum Gasteiger partial charge on any atom is 0.339 e. The fourth-order valence-electron chi connectivity index (χ4n) is 3.38. The second-order valence-electron chi connectivity index (χ2n) is 7.35. The minimum atomic E-state index is -4.17. The Kier molecular flexibility index (Phi) is 6.92. The minimum Gasteiger partial charge on any atom is -0.493 e. The molecule has 3 aromatic carbocycles. The molecule has 0 radical (unpaired) electrons. The molecule has 7 nitrogen and oxygen atoms in total. The lowest BCUT2D eigenvalue weighted by molar-refractivity contribution is 0.389. The van der Waals surface area contributed by atoms with Crippen molar-refractivity contribution in [3.63, 3.8) is 0 Å². The summed E-state index contributed by atoms with van der Waals surface area (Å²) in [6, 6.07) is 18.2. The fourth-order valence-corrected chi connectivity index (χ4v) is 4.48. The molecule has 0 unspecified atom stereocenters. The van der Waals surface area contributed by atoms with E-state index in [1.807, 2.05) is 12.1 Å². The van der Waals surface area contributed by atoms with E-state index in [1.165, 1.54) is 31.4 Å². The molecule has 1 aromatic heterocycles. The van der Waals surface area contributed by atoms with Gasteiger partial charge in [-0.3, -0.25) is 0 Å². The Labute approximate surface area is 207 Å². The molecule has 0 atom stereocenters. The van der Waals surface area contributed by atoms with E-state index in [-0.39, 0.29) is 34.3 Å². The van der Waals surface area contributed by atoms with Gasteiger partial charge in [-0.2, -0.15) is 13.7 Å². The number of hydrogen-bond donors (Lipinski definition) is 0. The molecule has 4 rings (SSSR count). The third-order valence-corrected chi connectivity index (χ3v) is 6.48. The summed E-state index contributed by atoms with van der Waals surface area (Å²) in [6.45, 7) is 3.74. The maximum absolute atomic E-state index is 12.9. The Bertz CT molecular complexity index is 1550. The normalized spacial score (nSPS) is 11.7. The maximum atomic E-state index is 12.9. The molecule has 0 aliphatic heterocycles. The molecule has 4 aromatic rings. The summed E-state index contributed by atoms with van der Waals surface area (Å²) in [5.41, 5.74) is 2.44. The molecule has 9 heteroatoms. The highest BCUT2D eigenvalue weighted by molar-refractivity contribution is 7.87. The molecular weight excluding hydrogens is 488 g/mol. The van der Waals surface area contributed by atoms with Crippen molar-refractivity contribution in [1.29, 1.82) is 5.26 Å². The first-order valence-electron chi connectivity index (χ1n) is 10.3. The zero-order valence-electron chi connectivity index (χ0n) is 18.6. The highest BCUT2D eigenvalue weighted by Crippen LogP contribution is 2.37. The van der Waals surface area contributed by atoms with Crippen molar-refractivity contribution in [3.05, 3.63) is 95.4 Å². The lowest BCUT2D eigenvalue weighted by Crippen LogP contribution is -2.12. The van der Waals surface area contributed by atoms with Gasteiger partial charge in [0.1, 0.15) is 22.1 Å². The quantitative estimate of drug-likeness (QED) is 0.163. The Morgan fingerprint density at radius 1 is 1.20 bits per heavy atom.